The summed E-state index contributed by atoms with van der Waals surface area (Å²) in [5.41, 5.74) is 2.09. The molecule has 0 aliphatic heterocycles. The first-order valence-electron chi connectivity index (χ1n) is 11.0. The Morgan fingerprint density at radius 2 is 1.61 bits per heavy atom. The van der Waals surface area contributed by atoms with Crippen LogP contribution in [-0.4, -0.2) is 38.2 Å². The molecule has 0 heterocycles. The third-order valence-corrected chi connectivity index (χ3v) is 7.12. The molecule has 4 nitrogen and oxygen atoms in total. The minimum absolute atomic E-state index is 0.00586. The van der Waals surface area contributed by atoms with Crippen molar-refractivity contribution in [3.63, 3.8) is 0 Å². The molecule has 6 heteroatoms. The van der Waals surface area contributed by atoms with Gasteiger partial charge in [0.05, 0.1) is 0 Å². The number of allylic oxidation sites excluding steroid dienone is 1. The van der Waals surface area contributed by atoms with E-state index in [0.29, 0.717) is 12.8 Å². The fourth-order valence-corrected chi connectivity index (χ4v) is 5.05. The fourth-order valence-electron chi connectivity index (χ4n) is 2.75. The van der Waals surface area contributed by atoms with Gasteiger partial charge in [-0.2, -0.15) is 0 Å². The van der Waals surface area contributed by atoms with E-state index in [0.717, 1.165) is 29.1 Å². The molecule has 1 rings (SSSR count). The fraction of sp³-hybridized carbons (Fsp3) is 0.520. The Kier molecular flexibility index (Phi) is 15.6. The summed E-state index contributed by atoms with van der Waals surface area (Å²) >= 11 is 3.27. The minimum Gasteiger partial charge on any atom is -0.481 e. The first-order chi connectivity index (χ1) is 15.0. The van der Waals surface area contributed by atoms with E-state index in [9.17, 15) is 9.59 Å². The maximum absolute atomic E-state index is 10.7. The molecule has 0 unspecified atom stereocenters. The van der Waals surface area contributed by atoms with Crippen LogP contribution in [0.3, 0.4) is 0 Å². The molecular weight excluding hydrogens is 428 g/mol. The lowest BCUT2D eigenvalue weighted by Gasteiger charge is -2.10. The summed E-state index contributed by atoms with van der Waals surface area (Å²) in [4.78, 5) is 21.4. The van der Waals surface area contributed by atoms with Crippen LogP contribution in [0, 0.1) is 11.8 Å². The van der Waals surface area contributed by atoms with Crippen LogP contribution in [0.15, 0.2) is 30.3 Å². The average Bonchev–Trinajstić information content (AvgIpc) is 2.74. The molecule has 1 aromatic rings. The highest BCUT2D eigenvalue weighted by molar-refractivity contribution is 8.17. The van der Waals surface area contributed by atoms with Crippen LogP contribution in [-0.2, 0) is 9.59 Å². The second-order valence-corrected chi connectivity index (χ2v) is 9.90. The molecule has 1 aromatic carbocycles. The van der Waals surface area contributed by atoms with Crippen LogP contribution in [0.25, 0.3) is 6.08 Å². The highest BCUT2D eigenvalue weighted by Crippen LogP contribution is 2.25. The molecule has 0 radical (unpaired) electrons. The van der Waals surface area contributed by atoms with Gasteiger partial charge in [-0.25, -0.2) is 0 Å². The number of carbonyl (C=O) groups is 2. The zero-order chi connectivity index (χ0) is 22.7. The lowest BCUT2D eigenvalue weighted by Crippen LogP contribution is -2.01. The lowest BCUT2D eigenvalue weighted by molar-refractivity contribution is -0.138. The summed E-state index contributed by atoms with van der Waals surface area (Å²) in [5.74, 6) is 6.49. The van der Waals surface area contributed by atoms with E-state index in [-0.39, 0.29) is 17.4 Å². The lowest BCUT2D eigenvalue weighted by atomic mass is 10.1. The van der Waals surface area contributed by atoms with Crippen LogP contribution in [0.1, 0.15) is 75.8 Å². The van der Waals surface area contributed by atoms with E-state index in [1.54, 1.807) is 23.5 Å². The van der Waals surface area contributed by atoms with Crippen molar-refractivity contribution in [2.45, 2.75) is 69.3 Å². The first-order valence-corrected chi connectivity index (χ1v) is 13.1. The number of benzene rings is 1. The van der Waals surface area contributed by atoms with Gasteiger partial charge >= 0.3 is 11.9 Å². The molecule has 31 heavy (non-hydrogen) atoms. The largest absolute Gasteiger partial charge is 0.481 e. The summed E-state index contributed by atoms with van der Waals surface area (Å²) in [7, 11) is 0. The number of hydrogen-bond donors (Lipinski definition) is 2. The molecule has 0 bridgehead atoms. The number of aliphatic carboxylic acids is 2. The molecular formula is C25H34O4S2. The van der Waals surface area contributed by atoms with Gasteiger partial charge in [-0.3, -0.25) is 9.59 Å². The zero-order valence-electron chi connectivity index (χ0n) is 18.3. The van der Waals surface area contributed by atoms with E-state index in [1.807, 2.05) is 18.2 Å². The highest BCUT2D eigenvalue weighted by atomic mass is 32.2. The zero-order valence-corrected chi connectivity index (χ0v) is 20.0. The molecule has 0 saturated carbocycles. The van der Waals surface area contributed by atoms with Crippen molar-refractivity contribution in [1.29, 1.82) is 0 Å². The highest BCUT2D eigenvalue weighted by Gasteiger charge is 2.08. The predicted octanol–water partition coefficient (Wildman–Crippen LogP) is 6.54. The van der Waals surface area contributed by atoms with Crippen molar-refractivity contribution in [3.8, 4) is 11.8 Å². The number of thioether (sulfide) groups is 2. The number of carboxylic acids is 2. The molecule has 170 valence electrons. The third-order valence-electron chi connectivity index (χ3n) is 4.42. The quantitative estimate of drug-likeness (QED) is 0.165. The molecule has 0 spiro atoms. The van der Waals surface area contributed by atoms with Gasteiger partial charge in [0.1, 0.15) is 4.58 Å². The third kappa shape index (κ3) is 14.7. The Bertz CT molecular complexity index is 727. The van der Waals surface area contributed by atoms with Gasteiger partial charge in [0.25, 0.3) is 0 Å². The Morgan fingerprint density at radius 1 is 0.968 bits per heavy atom. The predicted molar refractivity (Wildman–Crippen MR) is 134 cm³/mol. The van der Waals surface area contributed by atoms with E-state index in [4.69, 9.17) is 10.2 Å². The van der Waals surface area contributed by atoms with Crippen molar-refractivity contribution >= 4 is 41.5 Å². The molecule has 2 N–H and O–H groups in total. The van der Waals surface area contributed by atoms with Gasteiger partial charge in [0, 0.05) is 18.4 Å². The molecule has 0 fully saturated rings. The van der Waals surface area contributed by atoms with Gasteiger partial charge in [-0.05, 0) is 48.8 Å². The van der Waals surface area contributed by atoms with Crippen molar-refractivity contribution in [3.05, 3.63) is 41.5 Å². The maximum atomic E-state index is 10.7. The smallest absolute Gasteiger partial charge is 0.303 e. The molecule has 0 saturated heterocycles. The van der Waals surface area contributed by atoms with Crippen LogP contribution in [0.4, 0.5) is 0 Å². The Hall–Kier alpha value is -1.84. The number of carboxylic acid groups (broad SMARTS) is 2. The van der Waals surface area contributed by atoms with Gasteiger partial charge in [0.2, 0.25) is 0 Å². The second kappa shape index (κ2) is 17.8. The van der Waals surface area contributed by atoms with Gasteiger partial charge < -0.3 is 10.2 Å². The Balaban J connectivity index is 2.72. The van der Waals surface area contributed by atoms with E-state index in [2.05, 4.69) is 37.0 Å². The molecule has 0 aliphatic rings. The number of unbranched alkanes of at least 4 members (excludes halogenated alkanes) is 4. The normalized spacial score (nSPS) is 10.9. The van der Waals surface area contributed by atoms with E-state index in [1.165, 1.54) is 25.7 Å². The monoisotopic (exact) mass is 462 g/mol. The van der Waals surface area contributed by atoms with Crippen LogP contribution < -0.4 is 0 Å². The van der Waals surface area contributed by atoms with E-state index >= 15 is 0 Å². The van der Waals surface area contributed by atoms with Crippen molar-refractivity contribution in [2.24, 2.45) is 0 Å². The van der Waals surface area contributed by atoms with Crippen LogP contribution in [0.2, 0.25) is 0 Å². The summed E-state index contributed by atoms with van der Waals surface area (Å²) < 4.78 is -0.00586. The van der Waals surface area contributed by atoms with Gasteiger partial charge in [0.15, 0.2) is 0 Å². The molecule has 0 amide bonds. The number of hydrogen-bond acceptors (Lipinski definition) is 4. The maximum Gasteiger partial charge on any atom is 0.303 e. The topological polar surface area (TPSA) is 74.6 Å². The summed E-state index contributed by atoms with van der Waals surface area (Å²) in [6.07, 6.45) is 11.9. The average molecular weight is 463 g/mol. The Morgan fingerprint density at radius 3 is 2.23 bits per heavy atom. The van der Waals surface area contributed by atoms with Crippen molar-refractivity contribution in [2.75, 3.05) is 11.5 Å². The number of rotatable bonds is 16. The Labute approximate surface area is 195 Å². The minimum atomic E-state index is -0.784. The first kappa shape index (κ1) is 27.2. The van der Waals surface area contributed by atoms with Gasteiger partial charge in [-0.15, -0.1) is 23.5 Å². The summed E-state index contributed by atoms with van der Waals surface area (Å²) in [6.45, 7) is 2.22. The molecule has 0 aliphatic carbocycles. The van der Waals surface area contributed by atoms with Crippen molar-refractivity contribution < 1.29 is 19.8 Å². The summed E-state index contributed by atoms with van der Waals surface area (Å²) in [5, 5.41) is 17.6. The second-order valence-electron chi connectivity index (χ2n) is 7.18. The van der Waals surface area contributed by atoms with E-state index < -0.39 is 11.9 Å². The van der Waals surface area contributed by atoms with Crippen molar-refractivity contribution in [1.82, 2.24) is 0 Å². The van der Waals surface area contributed by atoms with Crippen LogP contribution in [0.5, 0.6) is 0 Å². The molecule has 0 atom stereocenters. The standard InChI is InChI=1S/C25H34O4S2/c1-2-3-4-5-6-7-12-21-13-8-9-14-22(21)17-18-25(30-19-10-15-23(26)27)31-20-11-16-24(28)29/h7-9,12-14,25H,2-6,10-11,15-16,19-20H2,1H3,(H,26,27)(H,28,29). The SMILES string of the molecule is CCCCCCC=Cc1ccccc1C#CC(SCCCC(=O)O)SCCCC(=O)O. The van der Waals surface area contributed by atoms with Gasteiger partial charge in [-0.1, -0.05) is 68.4 Å². The summed E-state index contributed by atoms with van der Waals surface area (Å²) in [6, 6.07) is 8.09. The van der Waals surface area contributed by atoms with Crippen LogP contribution >= 0.6 is 23.5 Å². The molecule has 0 aromatic heterocycles.